The highest BCUT2D eigenvalue weighted by Crippen LogP contribution is 2.27. The molecule has 3 aromatic rings. The van der Waals surface area contributed by atoms with Crippen molar-refractivity contribution in [1.29, 1.82) is 0 Å². The molecule has 0 aliphatic rings. The number of aromatic nitrogens is 3. The van der Waals surface area contributed by atoms with Crippen LogP contribution in [-0.4, -0.2) is 15.0 Å². The molecular formula is C15H15N5. The van der Waals surface area contributed by atoms with Crippen molar-refractivity contribution in [1.82, 2.24) is 15.0 Å². The minimum absolute atomic E-state index is 0.620. The van der Waals surface area contributed by atoms with Gasteiger partial charge in [-0.15, -0.1) is 0 Å². The summed E-state index contributed by atoms with van der Waals surface area (Å²) < 4.78 is 0. The zero-order valence-corrected chi connectivity index (χ0v) is 11.2. The van der Waals surface area contributed by atoms with Crippen LogP contribution >= 0.6 is 0 Å². The number of nitrogens with two attached hydrogens (primary N) is 1. The van der Waals surface area contributed by atoms with Crippen LogP contribution in [0.3, 0.4) is 0 Å². The van der Waals surface area contributed by atoms with E-state index < -0.39 is 0 Å². The van der Waals surface area contributed by atoms with Crippen molar-refractivity contribution in [2.75, 3.05) is 11.1 Å². The average Bonchev–Trinajstić information content (AvgIpc) is 2.49. The van der Waals surface area contributed by atoms with E-state index in [1.54, 1.807) is 24.8 Å². The lowest BCUT2D eigenvalue weighted by molar-refractivity contribution is 0.986. The minimum atomic E-state index is 0.620. The number of nitrogens with zero attached hydrogens (tertiary/aromatic N) is 3. The summed E-state index contributed by atoms with van der Waals surface area (Å²) in [5.41, 5.74) is 9.51. The number of rotatable bonds is 3. The first-order chi connectivity index (χ1) is 9.74. The molecule has 3 N–H and O–H groups in total. The van der Waals surface area contributed by atoms with Gasteiger partial charge in [0.1, 0.15) is 0 Å². The fraction of sp³-hybridized carbons (Fsp3) is 0.133. The number of hydrogen-bond donors (Lipinski definition) is 2. The molecular weight excluding hydrogens is 250 g/mol. The summed E-state index contributed by atoms with van der Waals surface area (Å²) in [6.45, 7) is 2.54. The first kappa shape index (κ1) is 12.3. The number of fused-ring (bicyclic) bond motifs is 1. The third kappa shape index (κ3) is 2.38. The number of hydrogen-bond acceptors (Lipinski definition) is 5. The van der Waals surface area contributed by atoms with E-state index in [9.17, 15) is 0 Å². The average molecular weight is 265 g/mol. The van der Waals surface area contributed by atoms with Gasteiger partial charge in [0.2, 0.25) is 0 Å². The molecule has 0 amide bonds. The molecule has 0 saturated heterocycles. The smallest absolute Gasteiger partial charge is 0.0777 e. The number of pyridine rings is 1. The molecule has 0 spiro atoms. The quantitative estimate of drug-likeness (QED) is 0.712. The number of aryl methyl sites for hydroxylation is 1. The molecule has 3 rings (SSSR count). The fourth-order valence-corrected chi connectivity index (χ4v) is 2.06. The molecule has 0 aliphatic carbocycles. The lowest BCUT2D eigenvalue weighted by Gasteiger charge is -2.10. The summed E-state index contributed by atoms with van der Waals surface area (Å²) in [6, 6.07) is 5.81. The third-order valence-corrected chi connectivity index (χ3v) is 3.15. The highest BCUT2D eigenvalue weighted by molar-refractivity contribution is 6.00. The van der Waals surface area contributed by atoms with Crippen molar-refractivity contribution in [3.63, 3.8) is 0 Å². The number of nitrogens with one attached hydrogen (secondary N) is 1. The van der Waals surface area contributed by atoms with Crippen LogP contribution in [0.5, 0.6) is 0 Å². The first-order valence-corrected chi connectivity index (χ1v) is 6.37. The molecule has 1 aromatic carbocycles. The van der Waals surface area contributed by atoms with E-state index in [0.29, 0.717) is 6.54 Å². The topological polar surface area (TPSA) is 76.7 Å². The van der Waals surface area contributed by atoms with Crippen molar-refractivity contribution >= 4 is 22.1 Å². The van der Waals surface area contributed by atoms with Gasteiger partial charge < -0.3 is 11.1 Å². The van der Waals surface area contributed by atoms with Crippen molar-refractivity contribution in [3.8, 4) is 0 Å². The summed E-state index contributed by atoms with van der Waals surface area (Å²) in [6.07, 6.45) is 7.09. The van der Waals surface area contributed by atoms with Crippen molar-refractivity contribution < 1.29 is 0 Å². The Bertz CT molecular complexity index is 737. The minimum Gasteiger partial charge on any atom is -0.398 e. The Morgan fingerprint density at radius 2 is 1.95 bits per heavy atom. The van der Waals surface area contributed by atoms with Crippen LogP contribution in [0.1, 0.15) is 11.4 Å². The number of benzene rings is 1. The molecule has 0 aliphatic heterocycles. The lowest BCUT2D eigenvalue weighted by Crippen LogP contribution is -2.03. The summed E-state index contributed by atoms with van der Waals surface area (Å²) in [5.74, 6) is 0. The molecule has 5 nitrogen and oxygen atoms in total. The molecule has 0 bridgehead atoms. The second kappa shape index (κ2) is 5.13. The second-order valence-corrected chi connectivity index (χ2v) is 4.63. The lowest BCUT2D eigenvalue weighted by atomic mass is 10.1. The fourth-order valence-electron chi connectivity index (χ4n) is 2.06. The van der Waals surface area contributed by atoms with E-state index in [0.717, 1.165) is 33.5 Å². The predicted molar refractivity (Wildman–Crippen MR) is 80.3 cm³/mol. The Hall–Kier alpha value is -2.69. The molecule has 0 saturated carbocycles. The standard InChI is InChI=1S/C15H15N5/c1-10-6-19-11(7-18-10)8-20-15-3-2-14(16)13-9-17-5-4-12(13)15/h2-7,9,20H,8,16H2,1H3. The van der Waals surface area contributed by atoms with Crippen LogP contribution in [-0.2, 0) is 6.54 Å². The van der Waals surface area contributed by atoms with E-state index >= 15 is 0 Å². The Morgan fingerprint density at radius 1 is 1.05 bits per heavy atom. The van der Waals surface area contributed by atoms with E-state index in [1.165, 1.54) is 0 Å². The van der Waals surface area contributed by atoms with Crippen LogP contribution in [0.4, 0.5) is 11.4 Å². The van der Waals surface area contributed by atoms with E-state index in [-0.39, 0.29) is 0 Å². The normalized spacial score (nSPS) is 10.7. The number of anilines is 2. The summed E-state index contributed by atoms with van der Waals surface area (Å²) in [5, 5.41) is 5.37. The molecule has 2 aromatic heterocycles. The van der Waals surface area contributed by atoms with Gasteiger partial charge in [0.25, 0.3) is 0 Å². The summed E-state index contributed by atoms with van der Waals surface area (Å²) in [4.78, 5) is 12.7. The SMILES string of the molecule is Cc1cnc(CNc2ccc(N)c3cnccc23)cn1. The van der Waals surface area contributed by atoms with Gasteiger partial charge in [-0.2, -0.15) is 0 Å². The van der Waals surface area contributed by atoms with Gasteiger partial charge in [-0.3, -0.25) is 15.0 Å². The second-order valence-electron chi connectivity index (χ2n) is 4.63. The summed E-state index contributed by atoms with van der Waals surface area (Å²) in [7, 11) is 0. The van der Waals surface area contributed by atoms with Crippen LogP contribution in [0, 0.1) is 6.92 Å². The Morgan fingerprint density at radius 3 is 2.75 bits per heavy atom. The van der Waals surface area contributed by atoms with Gasteiger partial charge in [-0.05, 0) is 25.1 Å². The van der Waals surface area contributed by atoms with Crippen LogP contribution in [0.2, 0.25) is 0 Å². The van der Waals surface area contributed by atoms with E-state index in [2.05, 4.69) is 20.3 Å². The van der Waals surface area contributed by atoms with Crippen molar-refractivity contribution in [2.45, 2.75) is 13.5 Å². The molecule has 0 radical (unpaired) electrons. The van der Waals surface area contributed by atoms with E-state index in [1.807, 2.05) is 25.1 Å². The molecule has 0 atom stereocenters. The maximum Gasteiger partial charge on any atom is 0.0777 e. The van der Waals surface area contributed by atoms with E-state index in [4.69, 9.17) is 5.73 Å². The van der Waals surface area contributed by atoms with Gasteiger partial charge in [-0.1, -0.05) is 0 Å². The first-order valence-electron chi connectivity index (χ1n) is 6.37. The molecule has 0 unspecified atom stereocenters. The Kier molecular flexibility index (Phi) is 3.16. The third-order valence-electron chi connectivity index (χ3n) is 3.15. The zero-order valence-electron chi connectivity index (χ0n) is 11.2. The number of nitrogen functional groups attached to an aromatic ring is 1. The van der Waals surface area contributed by atoms with Gasteiger partial charge in [0, 0.05) is 40.7 Å². The molecule has 2 heterocycles. The summed E-state index contributed by atoms with van der Waals surface area (Å²) >= 11 is 0. The van der Waals surface area contributed by atoms with Gasteiger partial charge in [0.15, 0.2) is 0 Å². The van der Waals surface area contributed by atoms with Crippen LogP contribution < -0.4 is 11.1 Å². The van der Waals surface area contributed by atoms with Gasteiger partial charge >= 0.3 is 0 Å². The maximum atomic E-state index is 5.96. The van der Waals surface area contributed by atoms with Crippen molar-refractivity contribution in [3.05, 3.63) is 54.4 Å². The predicted octanol–water partition coefficient (Wildman–Crippen LogP) is 2.53. The Labute approximate surface area is 116 Å². The molecule has 0 fully saturated rings. The largest absolute Gasteiger partial charge is 0.398 e. The van der Waals surface area contributed by atoms with Crippen LogP contribution in [0.15, 0.2) is 43.0 Å². The Balaban J connectivity index is 1.88. The van der Waals surface area contributed by atoms with Crippen LogP contribution in [0.25, 0.3) is 10.8 Å². The highest BCUT2D eigenvalue weighted by atomic mass is 14.9. The highest BCUT2D eigenvalue weighted by Gasteiger charge is 2.04. The zero-order chi connectivity index (χ0) is 13.9. The van der Waals surface area contributed by atoms with Gasteiger partial charge in [-0.25, -0.2) is 0 Å². The maximum absolute atomic E-state index is 5.96. The molecule has 100 valence electrons. The molecule has 5 heteroatoms. The van der Waals surface area contributed by atoms with Gasteiger partial charge in [0.05, 0.1) is 24.1 Å². The molecule has 20 heavy (non-hydrogen) atoms. The monoisotopic (exact) mass is 265 g/mol. The van der Waals surface area contributed by atoms with Crippen molar-refractivity contribution in [2.24, 2.45) is 0 Å².